The summed E-state index contributed by atoms with van der Waals surface area (Å²) in [5, 5.41) is 0. The summed E-state index contributed by atoms with van der Waals surface area (Å²) in [6, 6.07) is 6.31. The Morgan fingerprint density at radius 1 is 1.23 bits per heavy atom. The summed E-state index contributed by atoms with van der Waals surface area (Å²) in [7, 11) is 0. The summed E-state index contributed by atoms with van der Waals surface area (Å²) in [6.45, 7) is 1.39. The van der Waals surface area contributed by atoms with Crippen molar-refractivity contribution in [1.29, 1.82) is 0 Å². The number of rotatable bonds is 4. The van der Waals surface area contributed by atoms with Crippen LogP contribution in [0.1, 0.15) is 38.5 Å². The van der Waals surface area contributed by atoms with Crippen LogP contribution in [0.3, 0.4) is 0 Å². The lowest BCUT2D eigenvalue weighted by Gasteiger charge is -2.21. The molecular weight excluding hydrogens is 336 g/mol. The molecule has 7 nitrogen and oxygen atoms in total. The Kier molecular flexibility index (Phi) is 4.22. The van der Waals surface area contributed by atoms with Crippen LogP contribution in [-0.2, 0) is 25.7 Å². The second-order valence-corrected chi connectivity index (χ2v) is 6.90. The third-order valence-electron chi connectivity index (χ3n) is 5.28. The molecule has 0 bridgehead atoms. The smallest absolute Gasteiger partial charge is 0.329 e. The van der Waals surface area contributed by atoms with E-state index >= 15 is 0 Å². The molecule has 2 heterocycles. The number of hydrogen-bond donors (Lipinski definition) is 0. The van der Waals surface area contributed by atoms with Gasteiger partial charge in [0.05, 0.1) is 11.8 Å². The van der Waals surface area contributed by atoms with Gasteiger partial charge in [-0.25, -0.2) is 9.78 Å². The molecule has 2 amide bonds. The number of para-hydroxylation sites is 2. The predicted molar refractivity (Wildman–Crippen MR) is 90.6 cm³/mol. The number of fused-ring (bicyclic) bond motifs is 2. The van der Waals surface area contributed by atoms with Gasteiger partial charge in [0.2, 0.25) is 17.7 Å². The quantitative estimate of drug-likeness (QED) is 0.617. The van der Waals surface area contributed by atoms with Crippen molar-refractivity contribution in [2.24, 2.45) is 11.8 Å². The highest BCUT2D eigenvalue weighted by atomic mass is 16.5. The average molecular weight is 356 g/mol. The third kappa shape index (κ3) is 2.77. The predicted octanol–water partition coefficient (Wildman–Crippen LogP) is 2.43. The molecule has 7 heteroatoms. The number of likely N-dealkylation sites (tertiary alicyclic amines) is 1. The Bertz CT molecular complexity index is 817. The fourth-order valence-corrected chi connectivity index (χ4v) is 3.91. The molecule has 1 saturated heterocycles. The van der Waals surface area contributed by atoms with Gasteiger partial charge in [0.25, 0.3) is 0 Å². The molecule has 0 N–H and O–H groups in total. The molecule has 1 aliphatic heterocycles. The summed E-state index contributed by atoms with van der Waals surface area (Å²) in [6.07, 6.45) is 3.34. The fourth-order valence-electron chi connectivity index (χ4n) is 3.91. The molecule has 136 valence electrons. The molecule has 1 saturated carbocycles. The van der Waals surface area contributed by atoms with Crippen molar-refractivity contribution >= 4 is 28.9 Å². The third-order valence-corrected chi connectivity index (χ3v) is 5.28. The number of carbonyl (C=O) groups is 3. The van der Waals surface area contributed by atoms with E-state index in [1.807, 2.05) is 12.1 Å². The maximum absolute atomic E-state index is 12.6. The first kappa shape index (κ1) is 16.8. The average Bonchev–Trinajstić information content (AvgIpc) is 3.18. The van der Waals surface area contributed by atoms with E-state index < -0.39 is 12.0 Å². The Morgan fingerprint density at radius 3 is 2.54 bits per heavy atom. The zero-order valence-corrected chi connectivity index (χ0v) is 14.5. The zero-order chi connectivity index (χ0) is 18.3. The highest BCUT2D eigenvalue weighted by Crippen LogP contribution is 2.38. The molecule has 0 radical (unpaired) electrons. The van der Waals surface area contributed by atoms with Gasteiger partial charge in [0.1, 0.15) is 11.6 Å². The fraction of sp³-hybridized carbons (Fsp3) is 0.474. The zero-order valence-electron chi connectivity index (χ0n) is 14.5. The van der Waals surface area contributed by atoms with Gasteiger partial charge in [-0.15, -0.1) is 0 Å². The first-order valence-electron chi connectivity index (χ1n) is 8.94. The van der Waals surface area contributed by atoms with Crippen LogP contribution in [-0.4, -0.2) is 33.7 Å². The molecule has 2 fully saturated rings. The molecule has 1 aromatic heterocycles. The molecule has 2 aromatic rings. The Morgan fingerprint density at radius 2 is 1.88 bits per heavy atom. The van der Waals surface area contributed by atoms with Gasteiger partial charge < -0.3 is 9.15 Å². The lowest BCUT2D eigenvalue weighted by molar-refractivity contribution is -0.159. The van der Waals surface area contributed by atoms with Crippen LogP contribution in [0.5, 0.6) is 0 Å². The van der Waals surface area contributed by atoms with Gasteiger partial charge in [0.15, 0.2) is 12.2 Å². The minimum Gasteiger partial charge on any atom is -0.454 e. The normalized spacial score (nSPS) is 24.0. The monoisotopic (exact) mass is 356 g/mol. The molecule has 4 rings (SSSR count). The van der Waals surface area contributed by atoms with Crippen LogP contribution < -0.4 is 0 Å². The SMILES string of the molecule is C[C@@H](C(=O)OCc1nc2ccccc2o1)N1C(=O)C2CCCCC2C1=O. The number of nitrogens with zero attached hydrogens (tertiary/aromatic N) is 2. The minimum atomic E-state index is -0.940. The lowest BCUT2D eigenvalue weighted by Crippen LogP contribution is -2.44. The van der Waals surface area contributed by atoms with E-state index in [4.69, 9.17) is 9.15 Å². The van der Waals surface area contributed by atoms with E-state index in [0.29, 0.717) is 11.1 Å². The van der Waals surface area contributed by atoms with Crippen molar-refractivity contribution in [3.05, 3.63) is 30.2 Å². The number of aromatic nitrogens is 1. The van der Waals surface area contributed by atoms with Crippen LogP contribution in [0.25, 0.3) is 11.1 Å². The Hall–Kier alpha value is -2.70. The second-order valence-electron chi connectivity index (χ2n) is 6.90. The number of ether oxygens (including phenoxy) is 1. The van der Waals surface area contributed by atoms with Crippen molar-refractivity contribution in [2.45, 2.75) is 45.3 Å². The largest absolute Gasteiger partial charge is 0.454 e. The molecule has 0 spiro atoms. The summed E-state index contributed by atoms with van der Waals surface area (Å²) >= 11 is 0. The Labute approximate surface area is 150 Å². The van der Waals surface area contributed by atoms with Crippen LogP contribution >= 0.6 is 0 Å². The number of benzene rings is 1. The number of carbonyl (C=O) groups excluding carboxylic acids is 3. The summed E-state index contributed by atoms with van der Waals surface area (Å²) < 4.78 is 10.7. The van der Waals surface area contributed by atoms with Gasteiger partial charge in [-0.1, -0.05) is 25.0 Å². The van der Waals surface area contributed by atoms with E-state index in [1.54, 1.807) is 12.1 Å². The van der Waals surface area contributed by atoms with Gasteiger partial charge >= 0.3 is 5.97 Å². The van der Waals surface area contributed by atoms with Crippen LogP contribution in [0, 0.1) is 11.8 Å². The van der Waals surface area contributed by atoms with E-state index in [-0.39, 0.29) is 36.1 Å². The van der Waals surface area contributed by atoms with Crippen LogP contribution in [0.2, 0.25) is 0 Å². The van der Waals surface area contributed by atoms with Crippen molar-refractivity contribution in [2.75, 3.05) is 0 Å². The Balaban J connectivity index is 1.42. The van der Waals surface area contributed by atoms with Crippen LogP contribution in [0.15, 0.2) is 28.7 Å². The number of imide groups is 1. The van der Waals surface area contributed by atoms with E-state index in [2.05, 4.69) is 4.98 Å². The van der Waals surface area contributed by atoms with E-state index in [0.717, 1.165) is 30.6 Å². The number of oxazole rings is 1. The second kappa shape index (κ2) is 6.55. The maximum atomic E-state index is 12.6. The van der Waals surface area contributed by atoms with E-state index in [1.165, 1.54) is 6.92 Å². The van der Waals surface area contributed by atoms with Crippen molar-refractivity contribution < 1.29 is 23.5 Å². The summed E-state index contributed by atoms with van der Waals surface area (Å²) in [4.78, 5) is 42.8. The summed E-state index contributed by atoms with van der Waals surface area (Å²) in [5.74, 6) is -1.39. The summed E-state index contributed by atoms with van der Waals surface area (Å²) in [5.41, 5.74) is 1.29. The number of hydrogen-bond acceptors (Lipinski definition) is 6. The van der Waals surface area contributed by atoms with E-state index in [9.17, 15) is 14.4 Å². The molecule has 1 aromatic carbocycles. The standard InChI is InChI=1S/C19H20N2O5/c1-11(21-17(22)12-6-2-3-7-13(12)18(21)23)19(24)25-10-16-20-14-8-4-5-9-15(14)26-16/h4-5,8-9,11-13H,2-3,6-7,10H2,1H3/t11-,12?,13?/m0/s1. The number of esters is 1. The molecule has 2 unspecified atom stereocenters. The molecule has 1 aliphatic carbocycles. The molecule has 3 atom stereocenters. The van der Waals surface area contributed by atoms with Gasteiger partial charge in [-0.3, -0.25) is 14.5 Å². The topological polar surface area (TPSA) is 89.7 Å². The van der Waals surface area contributed by atoms with Gasteiger partial charge in [0, 0.05) is 0 Å². The molecule has 2 aliphatic rings. The molecule has 26 heavy (non-hydrogen) atoms. The van der Waals surface area contributed by atoms with Crippen molar-refractivity contribution in [1.82, 2.24) is 9.88 Å². The highest BCUT2D eigenvalue weighted by Gasteiger charge is 2.51. The van der Waals surface area contributed by atoms with Crippen LogP contribution in [0.4, 0.5) is 0 Å². The lowest BCUT2D eigenvalue weighted by atomic mass is 9.81. The highest BCUT2D eigenvalue weighted by molar-refractivity contribution is 6.07. The minimum absolute atomic E-state index is 0.138. The van der Waals surface area contributed by atoms with Crippen molar-refractivity contribution in [3.63, 3.8) is 0 Å². The maximum Gasteiger partial charge on any atom is 0.329 e. The number of amides is 2. The van der Waals surface area contributed by atoms with Crippen molar-refractivity contribution in [3.8, 4) is 0 Å². The first-order valence-corrected chi connectivity index (χ1v) is 8.94. The molecular formula is C19H20N2O5. The first-order chi connectivity index (χ1) is 12.6. The van der Waals surface area contributed by atoms with Gasteiger partial charge in [-0.2, -0.15) is 0 Å². The van der Waals surface area contributed by atoms with Gasteiger partial charge in [-0.05, 0) is 31.9 Å².